The lowest BCUT2D eigenvalue weighted by Crippen LogP contribution is -2.22. The Hall–Kier alpha value is -10.0. The summed E-state index contributed by atoms with van der Waals surface area (Å²) in [6.07, 6.45) is 13.8. The highest BCUT2D eigenvalue weighted by molar-refractivity contribution is 7.86. The van der Waals surface area contributed by atoms with Crippen LogP contribution in [-0.2, 0) is 52.8 Å². The van der Waals surface area contributed by atoms with Crippen LogP contribution in [0.3, 0.4) is 0 Å². The van der Waals surface area contributed by atoms with E-state index in [0.29, 0.717) is 37.1 Å². The van der Waals surface area contributed by atoms with Gasteiger partial charge < -0.3 is 26.0 Å². The second-order valence-electron chi connectivity index (χ2n) is 26.0. The van der Waals surface area contributed by atoms with E-state index in [1.54, 1.807) is 6.07 Å². The standard InChI is InChI=1S/C31H33FN4.C27H24ClN3O3S.C26H22ClN3O/c1-3-4-18-36(2)19-17-22-13-15-24(16-14-22)34-31-33-21-23-20-28(26-10-7-8-12-29(26)32)25-9-5-6-11-27(25)30(23)35-31;1-35(32,33)34-15-14-18-6-12-22(13-7-18)30-27-29-17-20-16-25(19-8-10-21(28)11-9-19)23-4-2-3-5-24(23)26(20)31-27;27-20-9-7-18(8-10-20)24-15-19-16-28-26(29-21-11-5-17(6-12-21)13-14-31)30-25(19)23-4-2-1-3-22(23)24/h5-16,21,28H,3-4,17-20H2,1-2H3,(H,33,34,35);2-13,17,25H,14-16H2,1H3,(H,29,30,31);1-12,16,24,31H,13-15H2,(H,28,29,30)/t28-;25-;24-/m101/s1. The predicted octanol–water partition coefficient (Wildman–Crippen LogP) is 18.5. The number of halogens is 3. The predicted molar refractivity (Wildman–Crippen MR) is 409 cm³/mol. The minimum Gasteiger partial charge on any atom is -0.396 e. The highest BCUT2D eigenvalue weighted by Crippen LogP contribution is 2.46. The molecule has 18 heteroatoms. The SMILES string of the molecule is CCCCN(C)CCc1ccc(Nc2ncc3c(n2)-c2ccccc2[C@H](c2ccccc2F)C3)cc1.CS(=O)(=O)OCCc1ccc(Nc2ncc3c(n2)-c2ccccc2[C@H](c2ccc(Cl)cc2)C3)cc1.OCCc1ccc(Nc2ncc3c(n2)-c2ccccc2[C@@H](c2ccc(Cl)cc2)C3)cc1. The van der Waals surface area contributed by atoms with E-state index in [-0.39, 0.29) is 36.8 Å². The molecule has 0 amide bonds. The van der Waals surface area contributed by atoms with E-state index in [9.17, 15) is 12.8 Å². The van der Waals surface area contributed by atoms with Crippen LogP contribution in [0.25, 0.3) is 33.8 Å². The number of anilines is 6. The van der Waals surface area contributed by atoms with Crippen LogP contribution >= 0.6 is 23.2 Å². The lowest BCUT2D eigenvalue weighted by Gasteiger charge is -2.27. The fraction of sp³-hybridized carbons (Fsp3) is 0.214. The number of hydrogen-bond acceptors (Lipinski definition) is 14. The molecule has 3 aliphatic rings. The van der Waals surface area contributed by atoms with Crippen LogP contribution in [-0.4, -0.2) is 87.9 Å². The van der Waals surface area contributed by atoms with Gasteiger partial charge >= 0.3 is 0 Å². The highest BCUT2D eigenvalue weighted by Gasteiger charge is 2.31. The molecular weight excluding hydrogens is 1330 g/mol. The minimum absolute atomic E-state index is 0.0501. The number of nitrogens with one attached hydrogen (secondary N) is 3. The molecule has 3 atom stereocenters. The van der Waals surface area contributed by atoms with Gasteiger partial charge in [-0.3, -0.25) is 4.18 Å². The first kappa shape index (κ1) is 70.4. The van der Waals surface area contributed by atoms with Crippen molar-refractivity contribution in [2.75, 3.05) is 55.6 Å². The molecule has 3 aromatic heterocycles. The number of hydrogen-bond donors (Lipinski definition) is 4. The third kappa shape index (κ3) is 17.5. The second-order valence-corrected chi connectivity index (χ2v) is 28.5. The zero-order valence-corrected chi connectivity index (χ0v) is 59.4. The molecule has 0 spiro atoms. The quantitative estimate of drug-likeness (QED) is 0.0499. The average Bonchev–Trinajstić information content (AvgIpc) is 0.772. The van der Waals surface area contributed by atoms with Gasteiger partial charge in [0, 0.05) is 93.3 Å². The van der Waals surface area contributed by atoms with Gasteiger partial charge in [0.1, 0.15) is 5.82 Å². The van der Waals surface area contributed by atoms with E-state index >= 15 is 0 Å². The minimum atomic E-state index is -3.43. The summed E-state index contributed by atoms with van der Waals surface area (Å²) in [6.45, 7) is 4.71. The first-order valence-corrected chi connectivity index (χ1v) is 37.1. The molecule has 0 saturated heterocycles. The summed E-state index contributed by atoms with van der Waals surface area (Å²) in [5.74, 6) is 1.92. The van der Waals surface area contributed by atoms with E-state index in [4.69, 9.17) is 47.4 Å². The van der Waals surface area contributed by atoms with Gasteiger partial charge in [0.2, 0.25) is 17.8 Å². The summed E-state index contributed by atoms with van der Waals surface area (Å²) in [4.78, 5) is 30.8. The van der Waals surface area contributed by atoms with Crippen molar-refractivity contribution in [1.82, 2.24) is 34.8 Å². The first-order valence-electron chi connectivity index (χ1n) is 34.5. The van der Waals surface area contributed by atoms with Gasteiger partial charge in [-0.05, 0) is 192 Å². The van der Waals surface area contributed by atoms with E-state index in [1.165, 1.54) is 46.7 Å². The fourth-order valence-corrected chi connectivity index (χ4v) is 14.2. The van der Waals surface area contributed by atoms with Crippen molar-refractivity contribution in [1.29, 1.82) is 0 Å². The van der Waals surface area contributed by atoms with E-state index < -0.39 is 10.1 Å². The topological polar surface area (TPSA) is 180 Å². The Morgan fingerprint density at radius 2 is 0.853 bits per heavy atom. The van der Waals surface area contributed by atoms with Gasteiger partial charge in [0.15, 0.2) is 0 Å². The van der Waals surface area contributed by atoms with Crippen molar-refractivity contribution in [2.24, 2.45) is 0 Å². The van der Waals surface area contributed by atoms with Gasteiger partial charge in [-0.15, -0.1) is 0 Å². The molecule has 9 aromatic carbocycles. The van der Waals surface area contributed by atoms with Gasteiger partial charge in [0.05, 0.1) is 29.9 Å². The smallest absolute Gasteiger partial charge is 0.264 e. The molecule has 0 saturated carbocycles. The largest absolute Gasteiger partial charge is 0.396 e. The third-order valence-electron chi connectivity index (χ3n) is 18.9. The molecule has 102 heavy (non-hydrogen) atoms. The molecule has 0 radical (unpaired) electrons. The summed E-state index contributed by atoms with van der Waals surface area (Å²) >= 11 is 12.2. The molecule has 0 bridgehead atoms. The number of likely N-dealkylation sites (N-methyl/N-ethyl adjacent to an activating group) is 1. The van der Waals surface area contributed by atoms with Crippen LogP contribution in [0.15, 0.2) is 237 Å². The van der Waals surface area contributed by atoms with Crippen molar-refractivity contribution in [3.63, 3.8) is 0 Å². The molecule has 3 heterocycles. The van der Waals surface area contributed by atoms with Crippen LogP contribution in [0.5, 0.6) is 0 Å². The number of aliphatic hydroxyl groups is 1. The van der Waals surface area contributed by atoms with Crippen molar-refractivity contribution in [3.8, 4) is 33.8 Å². The maximum absolute atomic E-state index is 14.7. The maximum atomic E-state index is 14.7. The van der Waals surface area contributed by atoms with Gasteiger partial charge in [-0.2, -0.15) is 8.42 Å². The number of unbranched alkanes of at least 4 members (excludes halogenated alkanes) is 1. The lowest BCUT2D eigenvalue weighted by molar-refractivity contribution is 0.299. The number of aliphatic hydroxyl groups excluding tert-OH is 1. The van der Waals surface area contributed by atoms with Crippen molar-refractivity contribution in [2.45, 2.75) is 76.0 Å². The zero-order valence-electron chi connectivity index (χ0n) is 57.1. The van der Waals surface area contributed by atoms with Gasteiger partial charge in [-0.1, -0.05) is 188 Å². The molecular formula is C84H79Cl2FN10O4S. The molecule has 4 N–H and O–H groups in total. The summed E-state index contributed by atoms with van der Waals surface area (Å²) in [5, 5.41) is 20.5. The van der Waals surface area contributed by atoms with Crippen LogP contribution in [0, 0.1) is 5.82 Å². The number of aromatic nitrogens is 6. The molecule has 3 aliphatic carbocycles. The Morgan fingerprint density at radius 3 is 1.25 bits per heavy atom. The average molecular weight is 1410 g/mol. The van der Waals surface area contributed by atoms with Crippen LogP contribution in [0.4, 0.5) is 39.3 Å². The van der Waals surface area contributed by atoms with Crippen molar-refractivity contribution >= 4 is 68.2 Å². The van der Waals surface area contributed by atoms with Crippen molar-refractivity contribution in [3.05, 3.63) is 320 Å². The van der Waals surface area contributed by atoms with E-state index in [0.717, 1.165) is 138 Å². The Balaban J connectivity index is 0.000000137. The number of fused-ring (bicyclic) bond motifs is 9. The number of nitrogens with zero attached hydrogens (tertiary/aromatic N) is 7. The molecule has 12 aromatic rings. The third-order valence-corrected chi connectivity index (χ3v) is 20.0. The van der Waals surface area contributed by atoms with E-state index in [1.807, 2.05) is 122 Å². The molecule has 516 valence electrons. The number of rotatable bonds is 21. The summed E-state index contributed by atoms with van der Waals surface area (Å²) in [6, 6.07) is 72.4. The zero-order chi connectivity index (χ0) is 70.5. The van der Waals surface area contributed by atoms with Crippen LogP contribution < -0.4 is 16.0 Å². The molecule has 0 aliphatic heterocycles. The van der Waals surface area contributed by atoms with Crippen LogP contribution in [0.1, 0.15) is 104 Å². The van der Waals surface area contributed by atoms with Gasteiger partial charge in [0.25, 0.3) is 10.1 Å². The Kier molecular flexibility index (Phi) is 22.6. The highest BCUT2D eigenvalue weighted by atomic mass is 35.5. The molecule has 15 rings (SSSR count). The Labute approximate surface area is 606 Å². The van der Waals surface area contributed by atoms with Gasteiger partial charge in [-0.25, -0.2) is 34.3 Å². The van der Waals surface area contributed by atoms with Crippen molar-refractivity contribution < 1.29 is 22.1 Å². The lowest BCUT2D eigenvalue weighted by atomic mass is 9.78. The molecule has 0 unspecified atom stereocenters. The van der Waals surface area contributed by atoms with E-state index in [2.05, 4.69) is 153 Å². The normalized spacial score (nSPS) is 14.6. The maximum Gasteiger partial charge on any atom is 0.264 e. The molecule has 0 fully saturated rings. The molecule has 14 nitrogen and oxygen atoms in total. The summed E-state index contributed by atoms with van der Waals surface area (Å²) < 4.78 is 41.7. The summed E-state index contributed by atoms with van der Waals surface area (Å²) in [5.41, 5.74) is 22.4. The Morgan fingerprint density at radius 1 is 0.480 bits per heavy atom. The van der Waals surface area contributed by atoms with Crippen LogP contribution in [0.2, 0.25) is 10.0 Å². The summed E-state index contributed by atoms with van der Waals surface area (Å²) in [7, 11) is -1.24. The Bertz CT molecular complexity index is 4980. The number of benzene rings is 9. The second kappa shape index (κ2) is 32.7. The first-order chi connectivity index (χ1) is 49.7. The fourth-order valence-electron chi connectivity index (χ4n) is 13.6. The monoisotopic (exact) mass is 1410 g/mol.